The molecule has 1 aliphatic carbocycles. The fourth-order valence-corrected chi connectivity index (χ4v) is 3.36. The van der Waals surface area contributed by atoms with Crippen molar-refractivity contribution in [1.29, 1.82) is 0 Å². The van der Waals surface area contributed by atoms with E-state index >= 15 is 0 Å². The molecule has 0 aromatic heterocycles. The van der Waals surface area contributed by atoms with Gasteiger partial charge in [-0.25, -0.2) is 0 Å². The van der Waals surface area contributed by atoms with Crippen molar-refractivity contribution in [3.8, 4) is 0 Å². The minimum Gasteiger partial charge on any atom is -0.354 e. The maximum atomic E-state index is 12.3. The van der Waals surface area contributed by atoms with Gasteiger partial charge in [-0.1, -0.05) is 52.9 Å². The van der Waals surface area contributed by atoms with Gasteiger partial charge < -0.3 is 5.32 Å². The molecule has 1 rings (SSSR count). The first-order valence-electron chi connectivity index (χ1n) is 7.46. The van der Waals surface area contributed by atoms with Gasteiger partial charge in [-0.2, -0.15) is 0 Å². The highest BCUT2D eigenvalue weighted by atomic mass is 35.5. The highest BCUT2D eigenvalue weighted by Gasteiger charge is 2.34. The second-order valence-corrected chi connectivity index (χ2v) is 6.48. The molecular weight excluding hydrogens is 246 g/mol. The molecule has 0 aromatic rings. The molecule has 1 N–H and O–H groups in total. The lowest BCUT2D eigenvalue weighted by atomic mass is 9.75. The maximum Gasteiger partial charge on any atom is 0.225 e. The lowest BCUT2D eigenvalue weighted by molar-refractivity contribution is -0.131. The lowest BCUT2D eigenvalue weighted by Crippen LogP contribution is -2.43. The molecule has 106 valence electrons. The van der Waals surface area contributed by atoms with Crippen molar-refractivity contribution in [1.82, 2.24) is 5.32 Å². The van der Waals surface area contributed by atoms with Crippen molar-refractivity contribution in [3.05, 3.63) is 0 Å². The highest BCUT2D eigenvalue weighted by molar-refractivity contribution is 6.21. The third-order valence-corrected chi connectivity index (χ3v) is 5.03. The highest BCUT2D eigenvalue weighted by Crippen LogP contribution is 2.35. The van der Waals surface area contributed by atoms with Crippen LogP contribution in [0.25, 0.3) is 0 Å². The largest absolute Gasteiger partial charge is 0.354 e. The summed E-state index contributed by atoms with van der Waals surface area (Å²) >= 11 is 6.36. The first kappa shape index (κ1) is 15.8. The van der Waals surface area contributed by atoms with E-state index in [1.165, 1.54) is 19.3 Å². The Morgan fingerprint density at radius 2 is 1.78 bits per heavy atom. The normalized spacial score (nSPS) is 20.7. The number of carbonyl (C=O) groups excluding carboxylic acids is 1. The Morgan fingerprint density at radius 1 is 1.22 bits per heavy atom. The maximum absolute atomic E-state index is 12.3. The van der Waals surface area contributed by atoms with Gasteiger partial charge in [0.05, 0.1) is 5.38 Å². The van der Waals surface area contributed by atoms with Gasteiger partial charge in [0, 0.05) is 12.0 Å². The minimum atomic E-state index is -0.150. The van der Waals surface area contributed by atoms with E-state index in [2.05, 4.69) is 26.1 Å². The quantitative estimate of drug-likeness (QED) is 0.725. The standard InChI is InChI=1S/C15H28ClNO/c1-4-12(5-2)13(16)11-17-14(18)15(3)9-7-6-8-10-15/h12-13H,4-11H2,1-3H3,(H,17,18). The van der Waals surface area contributed by atoms with Gasteiger partial charge in [0.2, 0.25) is 5.91 Å². The molecule has 18 heavy (non-hydrogen) atoms. The van der Waals surface area contributed by atoms with Crippen molar-refractivity contribution in [2.75, 3.05) is 6.54 Å². The van der Waals surface area contributed by atoms with Gasteiger partial charge in [-0.15, -0.1) is 11.6 Å². The van der Waals surface area contributed by atoms with Crippen LogP contribution in [-0.4, -0.2) is 17.8 Å². The Kier molecular flexibility index (Phi) is 6.48. The predicted octanol–water partition coefficient (Wildman–Crippen LogP) is 4.12. The second kappa shape index (κ2) is 7.37. The summed E-state index contributed by atoms with van der Waals surface area (Å²) in [6.45, 7) is 7.03. The third kappa shape index (κ3) is 4.15. The van der Waals surface area contributed by atoms with Crippen LogP contribution in [-0.2, 0) is 4.79 Å². The predicted molar refractivity (Wildman–Crippen MR) is 77.9 cm³/mol. The van der Waals surface area contributed by atoms with E-state index in [4.69, 9.17) is 11.6 Å². The van der Waals surface area contributed by atoms with Crippen LogP contribution in [0.5, 0.6) is 0 Å². The van der Waals surface area contributed by atoms with Crippen molar-refractivity contribution in [2.45, 2.75) is 71.1 Å². The summed E-state index contributed by atoms with van der Waals surface area (Å²) in [6.07, 6.45) is 7.85. The van der Waals surface area contributed by atoms with Crippen molar-refractivity contribution >= 4 is 17.5 Å². The van der Waals surface area contributed by atoms with Gasteiger partial charge in [0.25, 0.3) is 0 Å². The van der Waals surface area contributed by atoms with Crippen LogP contribution in [0.4, 0.5) is 0 Å². The summed E-state index contributed by atoms with van der Waals surface area (Å²) < 4.78 is 0. The summed E-state index contributed by atoms with van der Waals surface area (Å²) in [7, 11) is 0. The first-order valence-corrected chi connectivity index (χ1v) is 7.89. The molecule has 1 fully saturated rings. The van der Waals surface area contributed by atoms with Gasteiger partial charge in [-0.05, 0) is 18.8 Å². The fraction of sp³-hybridized carbons (Fsp3) is 0.933. The Balaban J connectivity index is 2.40. The molecular formula is C15H28ClNO. The Bertz CT molecular complexity index is 257. The SMILES string of the molecule is CCC(CC)C(Cl)CNC(=O)C1(C)CCCCC1. The molecule has 0 aromatic carbocycles. The van der Waals surface area contributed by atoms with Gasteiger partial charge >= 0.3 is 0 Å². The summed E-state index contributed by atoms with van der Waals surface area (Å²) in [5.41, 5.74) is -0.150. The van der Waals surface area contributed by atoms with Crippen molar-refractivity contribution in [2.24, 2.45) is 11.3 Å². The molecule has 1 atom stereocenters. The molecule has 0 spiro atoms. The topological polar surface area (TPSA) is 29.1 Å². The third-order valence-electron chi connectivity index (χ3n) is 4.52. The zero-order valence-corrected chi connectivity index (χ0v) is 12.9. The van der Waals surface area contributed by atoms with E-state index in [0.29, 0.717) is 12.5 Å². The Hall–Kier alpha value is -0.240. The fourth-order valence-electron chi connectivity index (χ4n) is 2.93. The molecule has 0 radical (unpaired) electrons. The second-order valence-electron chi connectivity index (χ2n) is 5.92. The molecule has 0 aliphatic heterocycles. The van der Waals surface area contributed by atoms with E-state index < -0.39 is 0 Å². The van der Waals surface area contributed by atoms with Crippen LogP contribution in [0.3, 0.4) is 0 Å². The number of hydrogen-bond donors (Lipinski definition) is 1. The number of carbonyl (C=O) groups is 1. The van der Waals surface area contributed by atoms with Crippen LogP contribution >= 0.6 is 11.6 Å². The number of alkyl halides is 1. The molecule has 0 saturated heterocycles. The summed E-state index contributed by atoms with van der Waals surface area (Å²) in [5, 5.41) is 3.14. The molecule has 3 heteroatoms. The zero-order chi connectivity index (χ0) is 13.6. The Morgan fingerprint density at radius 3 is 2.28 bits per heavy atom. The summed E-state index contributed by atoms with van der Waals surface area (Å²) in [4.78, 5) is 12.3. The summed E-state index contributed by atoms with van der Waals surface area (Å²) in [5.74, 6) is 0.713. The molecule has 1 unspecified atom stereocenters. The summed E-state index contributed by atoms with van der Waals surface area (Å²) in [6, 6.07) is 0. The number of rotatable bonds is 6. The van der Waals surface area contributed by atoms with Crippen LogP contribution in [0.15, 0.2) is 0 Å². The van der Waals surface area contributed by atoms with E-state index in [0.717, 1.165) is 25.7 Å². The lowest BCUT2D eigenvalue weighted by Gasteiger charge is -2.32. The number of halogens is 1. The minimum absolute atomic E-state index is 0.0659. The molecule has 0 heterocycles. The van der Waals surface area contributed by atoms with Crippen molar-refractivity contribution in [3.63, 3.8) is 0 Å². The van der Waals surface area contributed by atoms with Crippen LogP contribution < -0.4 is 5.32 Å². The van der Waals surface area contributed by atoms with E-state index in [1.54, 1.807) is 0 Å². The average Bonchev–Trinajstić information content (AvgIpc) is 2.38. The Labute approximate surface area is 117 Å². The van der Waals surface area contributed by atoms with Gasteiger partial charge in [-0.3, -0.25) is 4.79 Å². The molecule has 1 saturated carbocycles. The van der Waals surface area contributed by atoms with E-state index in [9.17, 15) is 4.79 Å². The number of nitrogens with one attached hydrogen (secondary N) is 1. The molecule has 2 nitrogen and oxygen atoms in total. The number of hydrogen-bond acceptors (Lipinski definition) is 1. The van der Waals surface area contributed by atoms with Crippen LogP contribution in [0, 0.1) is 11.3 Å². The first-order chi connectivity index (χ1) is 8.53. The van der Waals surface area contributed by atoms with Crippen LogP contribution in [0.2, 0.25) is 0 Å². The number of amides is 1. The molecule has 0 bridgehead atoms. The van der Waals surface area contributed by atoms with E-state index in [-0.39, 0.29) is 16.7 Å². The van der Waals surface area contributed by atoms with Crippen molar-refractivity contribution < 1.29 is 4.79 Å². The van der Waals surface area contributed by atoms with Gasteiger partial charge in [0.1, 0.15) is 0 Å². The monoisotopic (exact) mass is 273 g/mol. The molecule has 1 aliphatic rings. The molecule has 1 amide bonds. The smallest absolute Gasteiger partial charge is 0.225 e. The average molecular weight is 274 g/mol. The zero-order valence-electron chi connectivity index (χ0n) is 12.1. The van der Waals surface area contributed by atoms with Crippen LogP contribution in [0.1, 0.15) is 65.7 Å². The van der Waals surface area contributed by atoms with Gasteiger partial charge in [0.15, 0.2) is 0 Å². The van der Waals surface area contributed by atoms with E-state index in [1.807, 2.05) is 0 Å².